The van der Waals surface area contributed by atoms with Gasteiger partial charge in [-0.05, 0) is 31.9 Å². The molecule has 4 atom stereocenters. The van der Waals surface area contributed by atoms with Crippen molar-refractivity contribution in [2.45, 2.75) is 63.6 Å². The van der Waals surface area contributed by atoms with E-state index in [-0.39, 0.29) is 28.9 Å². The minimum atomic E-state index is -0.175. The second-order valence-corrected chi connectivity index (χ2v) is 10.0. The molecule has 3 saturated heterocycles. The summed E-state index contributed by atoms with van der Waals surface area (Å²) in [6.45, 7) is 4.37. The number of hydrogen-bond donors (Lipinski definition) is 1. The van der Waals surface area contributed by atoms with Crippen LogP contribution < -0.4 is 5.32 Å². The fourth-order valence-electron chi connectivity index (χ4n) is 5.81. The van der Waals surface area contributed by atoms with Crippen LogP contribution in [0.2, 0.25) is 0 Å². The van der Waals surface area contributed by atoms with Crippen LogP contribution in [0.1, 0.15) is 51.9 Å². The monoisotopic (exact) mass is 380 g/mol. The molecule has 0 aromatic carbocycles. The van der Waals surface area contributed by atoms with Gasteiger partial charge in [0, 0.05) is 42.5 Å². The first kappa shape index (κ1) is 18.6. The Labute approximate surface area is 161 Å². The van der Waals surface area contributed by atoms with Crippen molar-refractivity contribution in [2.24, 2.45) is 17.3 Å². The number of nitrogens with zero attached hydrogens (tertiary/aromatic N) is 1. The summed E-state index contributed by atoms with van der Waals surface area (Å²) in [6, 6.07) is 0. The molecule has 3 heterocycles. The van der Waals surface area contributed by atoms with E-state index >= 15 is 0 Å². The normalized spacial score (nSPS) is 37.2. The van der Waals surface area contributed by atoms with Gasteiger partial charge in [0.25, 0.3) is 0 Å². The Bertz CT molecular complexity index is 577. The third-order valence-corrected chi connectivity index (χ3v) is 8.02. The molecule has 2 bridgehead atoms. The van der Waals surface area contributed by atoms with Crippen molar-refractivity contribution in [3.8, 4) is 0 Å². The molecule has 5 nitrogen and oxygen atoms in total. The van der Waals surface area contributed by atoms with Gasteiger partial charge in [-0.2, -0.15) is 11.8 Å². The fourth-order valence-corrected chi connectivity index (χ4v) is 6.19. The van der Waals surface area contributed by atoms with E-state index in [1.165, 1.54) is 0 Å². The third-order valence-electron chi connectivity index (χ3n) is 7.41. The van der Waals surface area contributed by atoms with Crippen molar-refractivity contribution >= 4 is 23.6 Å². The number of thioether (sulfide) groups is 1. The zero-order valence-electron chi connectivity index (χ0n) is 16.1. The molecule has 1 saturated carbocycles. The Morgan fingerprint density at radius 1 is 1.27 bits per heavy atom. The van der Waals surface area contributed by atoms with Crippen LogP contribution in [0, 0.1) is 17.3 Å². The lowest BCUT2D eigenvalue weighted by Crippen LogP contribution is -2.45. The van der Waals surface area contributed by atoms with Gasteiger partial charge in [0.1, 0.15) is 0 Å². The highest BCUT2D eigenvalue weighted by atomic mass is 32.2. The van der Waals surface area contributed by atoms with E-state index < -0.39 is 0 Å². The van der Waals surface area contributed by atoms with Gasteiger partial charge in [0.2, 0.25) is 11.8 Å². The van der Waals surface area contributed by atoms with Gasteiger partial charge in [0.15, 0.2) is 0 Å². The number of carbonyl (C=O) groups is 2. The first-order chi connectivity index (χ1) is 12.5. The second-order valence-electron chi connectivity index (χ2n) is 9.02. The molecular formula is C20H32N2O3S. The maximum Gasteiger partial charge on any atom is 0.225 e. The maximum atomic E-state index is 12.7. The lowest BCUT2D eigenvalue weighted by atomic mass is 9.73. The molecular weight excluding hydrogens is 348 g/mol. The number of likely N-dealkylation sites (tertiary alicyclic amines) is 1. The highest BCUT2D eigenvalue weighted by Crippen LogP contribution is 2.54. The van der Waals surface area contributed by atoms with Crippen LogP contribution in [0.3, 0.4) is 0 Å². The SMILES string of the molecule is CSCCC(=O)N1C[C@@H]2[C@H](CNC(=O)C3(C)CCCC3)[C@H]3CC[C@]2(C1)O3. The van der Waals surface area contributed by atoms with Crippen LogP contribution in [-0.2, 0) is 14.3 Å². The summed E-state index contributed by atoms with van der Waals surface area (Å²) in [5, 5.41) is 3.25. The zero-order chi connectivity index (χ0) is 18.4. The lowest BCUT2D eigenvalue weighted by molar-refractivity contribution is -0.132. The van der Waals surface area contributed by atoms with Crippen LogP contribution in [0.15, 0.2) is 0 Å². The Hall–Kier alpha value is -0.750. The average Bonchev–Trinajstić information content (AvgIpc) is 3.37. The van der Waals surface area contributed by atoms with Gasteiger partial charge in [-0.25, -0.2) is 0 Å². The maximum absolute atomic E-state index is 12.7. The topological polar surface area (TPSA) is 58.6 Å². The molecule has 4 aliphatic rings. The van der Waals surface area contributed by atoms with Gasteiger partial charge in [-0.3, -0.25) is 9.59 Å². The predicted molar refractivity (Wildman–Crippen MR) is 103 cm³/mol. The van der Waals surface area contributed by atoms with Crippen LogP contribution in [-0.4, -0.2) is 60.1 Å². The molecule has 0 radical (unpaired) electrons. The van der Waals surface area contributed by atoms with Crippen LogP contribution >= 0.6 is 11.8 Å². The van der Waals surface area contributed by atoms with Gasteiger partial charge >= 0.3 is 0 Å². The summed E-state index contributed by atoms with van der Waals surface area (Å²) < 4.78 is 6.41. The van der Waals surface area contributed by atoms with E-state index in [9.17, 15) is 9.59 Å². The minimum Gasteiger partial charge on any atom is -0.369 e. The van der Waals surface area contributed by atoms with E-state index in [2.05, 4.69) is 12.2 Å². The molecule has 4 fully saturated rings. The second kappa shape index (κ2) is 7.01. The van der Waals surface area contributed by atoms with Gasteiger partial charge in [-0.15, -0.1) is 0 Å². The summed E-state index contributed by atoms with van der Waals surface area (Å²) in [5.41, 5.74) is -0.308. The molecule has 1 N–H and O–H groups in total. The summed E-state index contributed by atoms with van der Waals surface area (Å²) >= 11 is 1.72. The minimum absolute atomic E-state index is 0.133. The summed E-state index contributed by atoms with van der Waals surface area (Å²) in [6.07, 6.45) is 9.41. The zero-order valence-corrected chi connectivity index (χ0v) is 16.9. The first-order valence-electron chi connectivity index (χ1n) is 10.2. The summed E-state index contributed by atoms with van der Waals surface area (Å²) in [5.74, 6) is 2.11. The van der Waals surface area contributed by atoms with E-state index in [1.807, 2.05) is 11.2 Å². The van der Waals surface area contributed by atoms with Gasteiger partial charge < -0.3 is 15.0 Å². The fraction of sp³-hybridized carbons (Fsp3) is 0.900. The quantitative estimate of drug-likeness (QED) is 0.769. The largest absolute Gasteiger partial charge is 0.369 e. The molecule has 146 valence electrons. The van der Waals surface area contributed by atoms with E-state index in [4.69, 9.17) is 4.74 Å². The number of nitrogens with one attached hydrogen (secondary N) is 1. The van der Waals surface area contributed by atoms with Crippen LogP contribution in [0.5, 0.6) is 0 Å². The van der Waals surface area contributed by atoms with Crippen molar-refractivity contribution in [1.29, 1.82) is 0 Å². The highest BCUT2D eigenvalue weighted by Gasteiger charge is 2.63. The molecule has 0 unspecified atom stereocenters. The Balaban J connectivity index is 1.38. The van der Waals surface area contributed by atoms with E-state index in [1.54, 1.807) is 11.8 Å². The summed E-state index contributed by atoms with van der Waals surface area (Å²) in [7, 11) is 0. The molecule has 1 aliphatic carbocycles. The lowest BCUT2D eigenvalue weighted by Gasteiger charge is -2.30. The molecule has 6 heteroatoms. The molecule has 3 aliphatic heterocycles. The van der Waals surface area contributed by atoms with Crippen molar-refractivity contribution in [2.75, 3.05) is 31.6 Å². The molecule has 26 heavy (non-hydrogen) atoms. The molecule has 4 rings (SSSR count). The predicted octanol–water partition coefficient (Wildman–Crippen LogP) is 2.44. The third kappa shape index (κ3) is 3.07. The number of ether oxygens (including phenoxy) is 1. The van der Waals surface area contributed by atoms with Gasteiger partial charge in [-0.1, -0.05) is 19.8 Å². The number of amides is 2. The molecule has 0 aromatic heterocycles. The smallest absolute Gasteiger partial charge is 0.225 e. The van der Waals surface area contributed by atoms with Gasteiger partial charge in [0.05, 0.1) is 18.2 Å². The molecule has 0 aromatic rings. The van der Waals surface area contributed by atoms with Crippen molar-refractivity contribution in [3.05, 3.63) is 0 Å². The molecule has 2 amide bonds. The first-order valence-corrected chi connectivity index (χ1v) is 11.6. The Morgan fingerprint density at radius 2 is 2.04 bits per heavy atom. The average molecular weight is 381 g/mol. The Kier molecular flexibility index (Phi) is 5.01. The molecule has 1 spiro atoms. The Morgan fingerprint density at radius 3 is 2.77 bits per heavy atom. The standard InChI is InChI=1S/C20H32N2O3S/c1-19(7-3-4-8-19)18(24)21-11-14-15-12-22(17(23)6-10-26-2)13-20(15)9-5-16(14)25-20/h14-16H,3-13H2,1-2H3,(H,21,24)/t14-,15+,16+,20+/m0/s1. The number of rotatable bonds is 6. The number of hydrogen-bond acceptors (Lipinski definition) is 4. The van der Waals surface area contributed by atoms with Crippen LogP contribution in [0.4, 0.5) is 0 Å². The number of carbonyl (C=O) groups excluding carboxylic acids is 2. The van der Waals surface area contributed by atoms with Crippen molar-refractivity contribution in [3.63, 3.8) is 0 Å². The number of fused-ring (bicyclic) bond motifs is 1. The van der Waals surface area contributed by atoms with Crippen molar-refractivity contribution in [1.82, 2.24) is 10.2 Å². The van der Waals surface area contributed by atoms with Crippen molar-refractivity contribution < 1.29 is 14.3 Å². The van der Waals surface area contributed by atoms with E-state index in [0.29, 0.717) is 24.8 Å². The highest BCUT2D eigenvalue weighted by molar-refractivity contribution is 7.98. The summed E-state index contributed by atoms with van der Waals surface area (Å²) in [4.78, 5) is 27.2. The van der Waals surface area contributed by atoms with E-state index in [0.717, 1.165) is 57.4 Å². The van der Waals surface area contributed by atoms with Crippen LogP contribution in [0.25, 0.3) is 0 Å².